The van der Waals surface area contributed by atoms with Crippen molar-refractivity contribution < 1.29 is 4.39 Å². The zero-order chi connectivity index (χ0) is 16.1. The number of para-hydroxylation sites is 1. The van der Waals surface area contributed by atoms with Gasteiger partial charge in [0.1, 0.15) is 0 Å². The highest BCUT2D eigenvalue weighted by atomic mass is 19.1. The average molecular weight is 320 g/mol. The van der Waals surface area contributed by atoms with Crippen molar-refractivity contribution in [3.8, 4) is 0 Å². The van der Waals surface area contributed by atoms with Gasteiger partial charge in [-0.1, -0.05) is 18.2 Å². The molecule has 1 aromatic carbocycles. The van der Waals surface area contributed by atoms with Crippen molar-refractivity contribution in [2.75, 3.05) is 22.9 Å². The van der Waals surface area contributed by atoms with E-state index in [0.29, 0.717) is 17.9 Å². The van der Waals surface area contributed by atoms with Crippen LogP contribution in [0.2, 0.25) is 0 Å². The van der Waals surface area contributed by atoms with E-state index >= 15 is 0 Å². The summed E-state index contributed by atoms with van der Waals surface area (Å²) in [6, 6.07) is 14.2. The van der Waals surface area contributed by atoms with Gasteiger partial charge in [0.15, 0.2) is 11.6 Å². The number of anilines is 2. The summed E-state index contributed by atoms with van der Waals surface area (Å²) in [5, 5.41) is 1.18. The minimum absolute atomic E-state index is 0.231. The Morgan fingerprint density at radius 1 is 0.875 bits per heavy atom. The molecule has 5 rings (SSSR count). The Morgan fingerprint density at radius 2 is 1.71 bits per heavy atom. The predicted molar refractivity (Wildman–Crippen MR) is 92.8 cm³/mol. The summed E-state index contributed by atoms with van der Waals surface area (Å²) >= 11 is 0. The van der Waals surface area contributed by atoms with Crippen LogP contribution in [0.25, 0.3) is 10.9 Å². The van der Waals surface area contributed by atoms with E-state index in [1.165, 1.54) is 17.1 Å². The lowest BCUT2D eigenvalue weighted by molar-refractivity contribution is 0.585. The molecule has 5 heteroatoms. The molecule has 2 atom stereocenters. The Hall–Kier alpha value is -2.69. The molecule has 2 bridgehead atoms. The fraction of sp³-hybridized carbons (Fsp3) is 0.263. The van der Waals surface area contributed by atoms with Crippen LogP contribution in [-0.2, 0) is 0 Å². The van der Waals surface area contributed by atoms with E-state index in [1.54, 1.807) is 12.3 Å². The Bertz CT molecular complexity index is 907. The number of hydrogen-bond acceptors (Lipinski definition) is 4. The van der Waals surface area contributed by atoms with Gasteiger partial charge >= 0.3 is 0 Å². The Labute approximate surface area is 139 Å². The topological polar surface area (TPSA) is 32.3 Å². The predicted octanol–water partition coefficient (Wildman–Crippen LogP) is 3.24. The molecule has 24 heavy (non-hydrogen) atoms. The van der Waals surface area contributed by atoms with Crippen LogP contribution in [0.5, 0.6) is 0 Å². The van der Waals surface area contributed by atoms with Crippen LogP contribution in [0.4, 0.5) is 15.9 Å². The summed E-state index contributed by atoms with van der Waals surface area (Å²) in [5.74, 6) is 0.259. The lowest BCUT2D eigenvalue weighted by Gasteiger charge is -2.36. The molecule has 2 aliphatic rings. The molecule has 2 unspecified atom stereocenters. The SMILES string of the molecule is Fc1cccnc1N1CC2CC1CN2c1ccnc2ccccc12. The third kappa shape index (κ3) is 1.97. The number of halogens is 1. The highest BCUT2D eigenvalue weighted by molar-refractivity contribution is 5.92. The van der Waals surface area contributed by atoms with Crippen LogP contribution in [0.1, 0.15) is 6.42 Å². The second-order valence-corrected chi connectivity index (χ2v) is 6.50. The van der Waals surface area contributed by atoms with Crippen molar-refractivity contribution in [1.29, 1.82) is 0 Å². The van der Waals surface area contributed by atoms with Crippen LogP contribution >= 0.6 is 0 Å². The minimum Gasteiger partial charge on any atom is -0.364 e. The second-order valence-electron chi connectivity index (χ2n) is 6.50. The quantitative estimate of drug-likeness (QED) is 0.726. The van der Waals surface area contributed by atoms with Gasteiger partial charge in [0.05, 0.1) is 11.6 Å². The van der Waals surface area contributed by atoms with E-state index in [2.05, 4.69) is 38.0 Å². The lowest BCUT2D eigenvalue weighted by atomic mass is 10.1. The van der Waals surface area contributed by atoms with E-state index in [0.717, 1.165) is 25.0 Å². The maximum atomic E-state index is 14.1. The van der Waals surface area contributed by atoms with Crippen LogP contribution in [-0.4, -0.2) is 35.1 Å². The van der Waals surface area contributed by atoms with Gasteiger partial charge in [0.25, 0.3) is 0 Å². The molecule has 4 heterocycles. The fourth-order valence-corrected chi connectivity index (χ4v) is 4.14. The van der Waals surface area contributed by atoms with E-state index < -0.39 is 0 Å². The summed E-state index contributed by atoms with van der Waals surface area (Å²) in [4.78, 5) is 13.3. The molecule has 120 valence electrons. The van der Waals surface area contributed by atoms with E-state index in [4.69, 9.17) is 0 Å². The standard InChI is InChI=1S/C19H17FN4/c20-16-5-3-8-22-19(16)24-12-13-10-14(24)11-23(13)18-7-9-21-17-6-2-1-4-15(17)18/h1-9,13-14H,10-12H2. The number of aromatic nitrogens is 2. The number of nitrogens with zero attached hydrogens (tertiary/aromatic N) is 4. The smallest absolute Gasteiger partial charge is 0.165 e. The Morgan fingerprint density at radius 3 is 2.54 bits per heavy atom. The van der Waals surface area contributed by atoms with Gasteiger partial charge in [0, 0.05) is 42.6 Å². The first-order valence-electron chi connectivity index (χ1n) is 8.29. The molecular weight excluding hydrogens is 303 g/mol. The molecule has 2 aromatic heterocycles. The average Bonchev–Trinajstić information content (AvgIpc) is 3.22. The molecule has 4 nitrogen and oxygen atoms in total. The largest absolute Gasteiger partial charge is 0.364 e. The van der Waals surface area contributed by atoms with Gasteiger partial charge < -0.3 is 9.80 Å². The van der Waals surface area contributed by atoms with Crippen molar-refractivity contribution in [2.45, 2.75) is 18.5 Å². The van der Waals surface area contributed by atoms with Crippen LogP contribution in [0, 0.1) is 5.82 Å². The Kier molecular flexibility index (Phi) is 2.95. The van der Waals surface area contributed by atoms with Gasteiger partial charge in [-0.05, 0) is 30.7 Å². The second kappa shape index (κ2) is 5.16. The molecule has 2 fully saturated rings. The van der Waals surface area contributed by atoms with Crippen LogP contribution in [0.15, 0.2) is 54.9 Å². The molecule has 2 saturated heterocycles. The van der Waals surface area contributed by atoms with E-state index in [1.807, 2.05) is 18.3 Å². The number of fused-ring (bicyclic) bond motifs is 3. The maximum absolute atomic E-state index is 14.1. The van der Waals surface area contributed by atoms with Gasteiger partial charge in [-0.2, -0.15) is 0 Å². The first-order chi connectivity index (χ1) is 11.8. The number of hydrogen-bond donors (Lipinski definition) is 0. The molecule has 0 radical (unpaired) electrons. The molecule has 0 amide bonds. The molecule has 0 N–H and O–H groups in total. The van der Waals surface area contributed by atoms with E-state index in [-0.39, 0.29) is 5.82 Å². The first-order valence-corrected chi connectivity index (χ1v) is 8.29. The van der Waals surface area contributed by atoms with Crippen molar-refractivity contribution in [1.82, 2.24) is 9.97 Å². The number of piperazine rings is 1. The monoisotopic (exact) mass is 320 g/mol. The molecule has 0 spiro atoms. The molecule has 0 saturated carbocycles. The van der Waals surface area contributed by atoms with Crippen molar-refractivity contribution in [3.05, 3.63) is 60.7 Å². The Balaban J connectivity index is 1.48. The summed E-state index contributed by atoms with van der Waals surface area (Å²) in [7, 11) is 0. The third-order valence-corrected chi connectivity index (χ3v) is 5.19. The number of rotatable bonds is 2. The summed E-state index contributed by atoms with van der Waals surface area (Å²) in [5.41, 5.74) is 2.25. The van der Waals surface area contributed by atoms with Crippen molar-refractivity contribution in [2.24, 2.45) is 0 Å². The van der Waals surface area contributed by atoms with Gasteiger partial charge in [-0.3, -0.25) is 4.98 Å². The van der Waals surface area contributed by atoms with E-state index in [9.17, 15) is 4.39 Å². The molecule has 2 aliphatic heterocycles. The fourth-order valence-electron chi connectivity index (χ4n) is 4.14. The molecule has 3 aromatic rings. The lowest BCUT2D eigenvalue weighted by Crippen LogP contribution is -2.47. The normalized spacial score (nSPS) is 22.5. The summed E-state index contributed by atoms with van der Waals surface area (Å²) in [6.45, 7) is 1.71. The first kappa shape index (κ1) is 13.7. The zero-order valence-corrected chi connectivity index (χ0v) is 13.1. The summed E-state index contributed by atoms with van der Waals surface area (Å²) < 4.78 is 14.1. The minimum atomic E-state index is -0.231. The number of pyridine rings is 2. The van der Waals surface area contributed by atoms with Gasteiger partial charge in [-0.25, -0.2) is 9.37 Å². The van der Waals surface area contributed by atoms with Crippen molar-refractivity contribution >= 4 is 22.4 Å². The summed E-state index contributed by atoms with van der Waals surface area (Å²) in [6.07, 6.45) is 4.59. The molecular formula is C19H17FN4. The van der Waals surface area contributed by atoms with Gasteiger partial charge in [0.2, 0.25) is 0 Å². The molecule has 0 aliphatic carbocycles. The maximum Gasteiger partial charge on any atom is 0.165 e. The van der Waals surface area contributed by atoms with Crippen LogP contribution in [0.3, 0.4) is 0 Å². The highest BCUT2D eigenvalue weighted by Crippen LogP contribution is 2.39. The van der Waals surface area contributed by atoms with Crippen LogP contribution < -0.4 is 9.80 Å². The highest BCUT2D eigenvalue weighted by Gasteiger charge is 2.44. The zero-order valence-electron chi connectivity index (χ0n) is 13.1. The third-order valence-electron chi connectivity index (χ3n) is 5.19. The number of benzene rings is 1. The van der Waals surface area contributed by atoms with Crippen molar-refractivity contribution in [3.63, 3.8) is 0 Å². The van der Waals surface area contributed by atoms with Gasteiger partial charge in [-0.15, -0.1) is 0 Å².